The van der Waals surface area contributed by atoms with Crippen molar-refractivity contribution in [1.29, 1.82) is 0 Å². The summed E-state index contributed by atoms with van der Waals surface area (Å²) in [6.07, 6.45) is 3.76. The Morgan fingerprint density at radius 3 is 3.05 bits per heavy atom. The van der Waals surface area contributed by atoms with E-state index in [4.69, 9.17) is 9.84 Å². The number of hydrogen-bond acceptors (Lipinski definition) is 4. The molecule has 6 nitrogen and oxygen atoms in total. The number of fused-ring (bicyclic) bond motifs is 1. The molecule has 2 aliphatic heterocycles. The first-order chi connectivity index (χ1) is 9.72. The molecule has 1 fully saturated rings. The maximum atomic E-state index is 12.7. The Kier molecular flexibility index (Phi) is 3.65. The number of ether oxygens (including phenoxy) is 1. The summed E-state index contributed by atoms with van der Waals surface area (Å²) in [5.74, 6) is 0.704. The number of piperidine rings is 1. The van der Waals surface area contributed by atoms with Crippen molar-refractivity contribution in [2.45, 2.75) is 45.2 Å². The topological polar surface area (TPSA) is 67.6 Å². The van der Waals surface area contributed by atoms with Gasteiger partial charge in [-0.05, 0) is 32.6 Å². The molecule has 1 N–H and O–H groups in total. The van der Waals surface area contributed by atoms with Crippen LogP contribution in [0.5, 0.6) is 5.88 Å². The zero-order valence-corrected chi connectivity index (χ0v) is 11.8. The minimum absolute atomic E-state index is 0.0221. The summed E-state index contributed by atoms with van der Waals surface area (Å²) in [7, 11) is 0. The normalized spacial score (nSPS) is 21.7. The molecule has 1 aromatic heterocycles. The summed E-state index contributed by atoms with van der Waals surface area (Å²) in [6, 6.07) is 0.137. The average molecular weight is 279 g/mol. The lowest BCUT2D eigenvalue weighted by molar-refractivity contribution is 0.0566. The molecule has 0 radical (unpaired) electrons. The van der Waals surface area contributed by atoms with Crippen LogP contribution in [-0.4, -0.2) is 51.5 Å². The van der Waals surface area contributed by atoms with E-state index in [1.807, 2.05) is 11.8 Å². The van der Waals surface area contributed by atoms with Gasteiger partial charge >= 0.3 is 0 Å². The van der Waals surface area contributed by atoms with Crippen LogP contribution in [0.4, 0.5) is 0 Å². The van der Waals surface area contributed by atoms with Gasteiger partial charge < -0.3 is 14.7 Å². The Labute approximate surface area is 118 Å². The van der Waals surface area contributed by atoms with Crippen LogP contribution >= 0.6 is 0 Å². The van der Waals surface area contributed by atoms with Gasteiger partial charge in [0.2, 0.25) is 5.88 Å². The molecule has 3 heterocycles. The van der Waals surface area contributed by atoms with Crippen molar-refractivity contribution in [2.24, 2.45) is 0 Å². The predicted molar refractivity (Wildman–Crippen MR) is 72.8 cm³/mol. The zero-order valence-electron chi connectivity index (χ0n) is 11.8. The molecule has 6 heteroatoms. The molecule has 0 aliphatic carbocycles. The Bertz CT molecular complexity index is 510. The lowest BCUT2D eigenvalue weighted by Crippen LogP contribution is -2.44. The molecule has 0 spiro atoms. The summed E-state index contributed by atoms with van der Waals surface area (Å²) < 4.78 is 7.28. The average Bonchev–Trinajstić information content (AvgIpc) is 3.03. The zero-order chi connectivity index (χ0) is 14.1. The van der Waals surface area contributed by atoms with Gasteiger partial charge in [-0.1, -0.05) is 0 Å². The maximum absolute atomic E-state index is 12.7. The molecule has 1 aromatic rings. The second-order valence-electron chi connectivity index (χ2n) is 5.51. The number of amides is 1. The molecule has 0 aromatic carbocycles. The van der Waals surface area contributed by atoms with Crippen LogP contribution in [-0.2, 0) is 6.54 Å². The van der Waals surface area contributed by atoms with Gasteiger partial charge in [0.1, 0.15) is 6.61 Å². The third kappa shape index (κ3) is 2.18. The number of carbonyl (C=O) groups is 1. The van der Waals surface area contributed by atoms with Crippen molar-refractivity contribution in [2.75, 3.05) is 19.8 Å². The number of aliphatic hydroxyl groups excluding tert-OH is 1. The number of likely N-dealkylation sites (tertiary alicyclic amines) is 1. The number of rotatable bonds is 3. The quantitative estimate of drug-likeness (QED) is 0.895. The number of carbonyl (C=O) groups excluding carboxylic acids is 1. The van der Waals surface area contributed by atoms with Crippen molar-refractivity contribution in [3.8, 4) is 5.88 Å². The second kappa shape index (κ2) is 5.44. The SMILES string of the molecule is Cc1c(C(=O)N2CCCCC2CCO)nn2c1OCC2. The van der Waals surface area contributed by atoms with Gasteiger partial charge in [-0.15, -0.1) is 0 Å². The predicted octanol–water partition coefficient (Wildman–Crippen LogP) is 0.961. The van der Waals surface area contributed by atoms with E-state index in [2.05, 4.69) is 5.10 Å². The molecule has 1 unspecified atom stereocenters. The fourth-order valence-corrected chi connectivity index (χ4v) is 3.16. The van der Waals surface area contributed by atoms with Crippen LogP contribution in [0.1, 0.15) is 41.7 Å². The van der Waals surface area contributed by atoms with E-state index in [9.17, 15) is 4.79 Å². The smallest absolute Gasteiger partial charge is 0.275 e. The first kappa shape index (κ1) is 13.4. The standard InChI is InChI=1S/C14H21N3O3/c1-10-12(15-17-7-9-20-14(10)17)13(19)16-6-3-2-4-11(16)5-8-18/h11,18H,2-9H2,1H3. The summed E-state index contributed by atoms with van der Waals surface area (Å²) >= 11 is 0. The summed E-state index contributed by atoms with van der Waals surface area (Å²) in [5.41, 5.74) is 1.34. The van der Waals surface area contributed by atoms with Gasteiger partial charge in [0.15, 0.2) is 5.69 Å². The summed E-state index contributed by atoms with van der Waals surface area (Å²) in [5, 5.41) is 13.6. The van der Waals surface area contributed by atoms with E-state index in [0.29, 0.717) is 25.3 Å². The molecule has 1 saturated heterocycles. The largest absolute Gasteiger partial charge is 0.476 e. The molecule has 110 valence electrons. The number of nitrogens with zero attached hydrogens (tertiary/aromatic N) is 3. The van der Waals surface area contributed by atoms with E-state index in [-0.39, 0.29) is 18.6 Å². The highest BCUT2D eigenvalue weighted by Gasteiger charge is 2.32. The molecule has 1 amide bonds. The van der Waals surface area contributed by atoms with Crippen LogP contribution in [0.3, 0.4) is 0 Å². The van der Waals surface area contributed by atoms with Crippen LogP contribution in [0.2, 0.25) is 0 Å². The number of hydrogen-bond donors (Lipinski definition) is 1. The Hall–Kier alpha value is -1.56. The van der Waals surface area contributed by atoms with E-state index in [1.54, 1.807) is 4.68 Å². The van der Waals surface area contributed by atoms with E-state index in [1.165, 1.54) is 0 Å². The molecular formula is C14H21N3O3. The molecule has 0 saturated carbocycles. The van der Waals surface area contributed by atoms with E-state index in [0.717, 1.165) is 37.3 Å². The van der Waals surface area contributed by atoms with Crippen molar-refractivity contribution < 1.29 is 14.6 Å². The van der Waals surface area contributed by atoms with Crippen LogP contribution in [0.15, 0.2) is 0 Å². The minimum atomic E-state index is -0.0221. The summed E-state index contributed by atoms with van der Waals surface area (Å²) in [6.45, 7) is 4.11. The van der Waals surface area contributed by atoms with Gasteiger partial charge in [0.05, 0.1) is 6.54 Å². The van der Waals surface area contributed by atoms with Crippen LogP contribution in [0.25, 0.3) is 0 Å². The maximum Gasteiger partial charge on any atom is 0.275 e. The molecule has 3 rings (SSSR count). The fourth-order valence-electron chi connectivity index (χ4n) is 3.16. The van der Waals surface area contributed by atoms with Crippen molar-refractivity contribution in [3.05, 3.63) is 11.3 Å². The highest BCUT2D eigenvalue weighted by Crippen LogP contribution is 2.28. The van der Waals surface area contributed by atoms with Crippen molar-refractivity contribution in [3.63, 3.8) is 0 Å². The highest BCUT2D eigenvalue weighted by molar-refractivity contribution is 5.94. The third-order valence-corrected chi connectivity index (χ3v) is 4.23. The van der Waals surface area contributed by atoms with Crippen LogP contribution in [0, 0.1) is 6.92 Å². The Morgan fingerprint density at radius 2 is 2.30 bits per heavy atom. The summed E-state index contributed by atoms with van der Waals surface area (Å²) in [4.78, 5) is 14.6. The van der Waals surface area contributed by atoms with Gasteiger partial charge in [0.25, 0.3) is 5.91 Å². The molecular weight excluding hydrogens is 258 g/mol. The molecule has 20 heavy (non-hydrogen) atoms. The van der Waals surface area contributed by atoms with Gasteiger partial charge in [0, 0.05) is 24.8 Å². The van der Waals surface area contributed by atoms with Crippen molar-refractivity contribution in [1.82, 2.24) is 14.7 Å². The molecule has 2 aliphatic rings. The van der Waals surface area contributed by atoms with Gasteiger partial charge in [-0.3, -0.25) is 4.79 Å². The Balaban J connectivity index is 1.84. The minimum Gasteiger partial charge on any atom is -0.476 e. The second-order valence-corrected chi connectivity index (χ2v) is 5.51. The lowest BCUT2D eigenvalue weighted by atomic mass is 9.99. The lowest BCUT2D eigenvalue weighted by Gasteiger charge is -2.35. The highest BCUT2D eigenvalue weighted by atomic mass is 16.5. The van der Waals surface area contributed by atoms with Crippen LogP contribution < -0.4 is 4.74 Å². The van der Waals surface area contributed by atoms with Gasteiger partial charge in [-0.2, -0.15) is 5.10 Å². The van der Waals surface area contributed by atoms with E-state index < -0.39 is 0 Å². The first-order valence-electron chi connectivity index (χ1n) is 7.34. The fraction of sp³-hybridized carbons (Fsp3) is 0.714. The first-order valence-corrected chi connectivity index (χ1v) is 7.34. The number of aliphatic hydroxyl groups is 1. The van der Waals surface area contributed by atoms with Gasteiger partial charge in [-0.25, -0.2) is 4.68 Å². The Morgan fingerprint density at radius 1 is 1.45 bits per heavy atom. The monoisotopic (exact) mass is 279 g/mol. The number of aromatic nitrogens is 2. The third-order valence-electron chi connectivity index (χ3n) is 4.23. The molecule has 1 atom stereocenters. The van der Waals surface area contributed by atoms with Crippen molar-refractivity contribution >= 4 is 5.91 Å². The van der Waals surface area contributed by atoms with E-state index >= 15 is 0 Å². The molecule has 0 bridgehead atoms.